The lowest BCUT2D eigenvalue weighted by molar-refractivity contribution is -0.142. The summed E-state index contributed by atoms with van der Waals surface area (Å²) in [5, 5.41) is 16.9. The molecule has 0 saturated carbocycles. The Morgan fingerprint density at radius 2 is 1.33 bits per heavy atom. The predicted molar refractivity (Wildman–Crippen MR) is 123 cm³/mol. The van der Waals surface area contributed by atoms with Crippen LogP contribution in [0.1, 0.15) is 40.0 Å². The van der Waals surface area contributed by atoms with Gasteiger partial charge in [0.15, 0.2) is 0 Å². The Hall–Kier alpha value is -1.46. The molecule has 0 rings (SSSR count). The topological polar surface area (TPSA) is 151 Å². The first-order valence-corrected chi connectivity index (χ1v) is 12.7. The van der Waals surface area contributed by atoms with Crippen LogP contribution in [0.3, 0.4) is 0 Å². The summed E-state index contributed by atoms with van der Waals surface area (Å²) in [7, 11) is 0. The third-order valence-corrected chi connectivity index (χ3v) is 5.57. The highest BCUT2D eigenvalue weighted by molar-refractivity contribution is 7.98. The standard InChI is InChI=1S/C19H36N4O5S2/c1-11(2)10-13(20)17(25)22-14(6-8-29-4)18(26)21-12(3)16(24)23-15(19(27)28)7-9-30-5/h11-15H,6-10,20H2,1-5H3,(H,21,26)(H,22,25)(H,23,24)(H,27,28). The molecular formula is C19H36N4O5S2. The molecule has 0 aromatic heterocycles. The molecule has 0 saturated heterocycles. The van der Waals surface area contributed by atoms with Gasteiger partial charge in [-0.1, -0.05) is 13.8 Å². The summed E-state index contributed by atoms with van der Waals surface area (Å²) < 4.78 is 0. The van der Waals surface area contributed by atoms with Crippen LogP contribution in [0.2, 0.25) is 0 Å². The summed E-state index contributed by atoms with van der Waals surface area (Å²) in [6.07, 6.45) is 4.89. The average molecular weight is 465 g/mol. The van der Waals surface area contributed by atoms with Crippen LogP contribution in [0.4, 0.5) is 0 Å². The molecule has 0 spiro atoms. The zero-order chi connectivity index (χ0) is 23.3. The Morgan fingerprint density at radius 1 is 0.833 bits per heavy atom. The van der Waals surface area contributed by atoms with E-state index in [0.29, 0.717) is 24.3 Å². The first-order valence-electron chi connectivity index (χ1n) is 9.90. The Balaban J connectivity index is 4.96. The number of carboxylic acid groups (broad SMARTS) is 1. The fourth-order valence-electron chi connectivity index (χ4n) is 2.57. The van der Waals surface area contributed by atoms with Gasteiger partial charge >= 0.3 is 5.97 Å². The van der Waals surface area contributed by atoms with Crippen molar-refractivity contribution in [3.05, 3.63) is 0 Å². The maximum absolute atomic E-state index is 12.7. The second kappa shape index (κ2) is 15.4. The number of nitrogens with two attached hydrogens (primary N) is 1. The summed E-state index contributed by atoms with van der Waals surface area (Å²) in [6, 6.07) is -3.52. The van der Waals surface area contributed by atoms with Crippen molar-refractivity contribution < 1.29 is 24.3 Å². The maximum Gasteiger partial charge on any atom is 0.326 e. The maximum atomic E-state index is 12.7. The van der Waals surface area contributed by atoms with Crippen LogP contribution in [0, 0.1) is 5.92 Å². The first-order chi connectivity index (χ1) is 14.0. The highest BCUT2D eigenvalue weighted by Crippen LogP contribution is 2.06. The fraction of sp³-hybridized carbons (Fsp3) is 0.789. The Labute approximate surface area is 187 Å². The molecule has 30 heavy (non-hydrogen) atoms. The molecule has 0 aliphatic carbocycles. The van der Waals surface area contributed by atoms with Gasteiger partial charge < -0.3 is 26.8 Å². The molecular weight excluding hydrogens is 428 g/mol. The van der Waals surface area contributed by atoms with Crippen molar-refractivity contribution in [2.24, 2.45) is 11.7 Å². The van der Waals surface area contributed by atoms with Gasteiger partial charge in [0.2, 0.25) is 17.7 Å². The minimum atomic E-state index is -1.12. The third kappa shape index (κ3) is 11.7. The van der Waals surface area contributed by atoms with Crippen molar-refractivity contribution in [1.29, 1.82) is 0 Å². The van der Waals surface area contributed by atoms with E-state index in [9.17, 15) is 24.3 Å². The summed E-state index contributed by atoms with van der Waals surface area (Å²) in [6.45, 7) is 5.38. The van der Waals surface area contributed by atoms with Gasteiger partial charge in [-0.15, -0.1) is 0 Å². The molecule has 0 bridgehead atoms. The lowest BCUT2D eigenvalue weighted by atomic mass is 10.0. The van der Waals surface area contributed by atoms with E-state index in [2.05, 4.69) is 16.0 Å². The number of carbonyl (C=O) groups is 4. The van der Waals surface area contributed by atoms with Crippen LogP contribution < -0.4 is 21.7 Å². The normalized spacial score (nSPS) is 15.0. The smallest absolute Gasteiger partial charge is 0.326 e. The monoisotopic (exact) mass is 464 g/mol. The van der Waals surface area contributed by atoms with Crippen molar-refractivity contribution in [1.82, 2.24) is 16.0 Å². The van der Waals surface area contributed by atoms with E-state index in [-0.39, 0.29) is 12.3 Å². The van der Waals surface area contributed by atoms with E-state index >= 15 is 0 Å². The number of nitrogens with one attached hydrogen (secondary N) is 3. The summed E-state index contributed by atoms with van der Waals surface area (Å²) >= 11 is 3.01. The highest BCUT2D eigenvalue weighted by atomic mass is 32.2. The predicted octanol–water partition coefficient (Wildman–Crippen LogP) is 0.425. The van der Waals surface area contributed by atoms with Gasteiger partial charge in [-0.25, -0.2) is 4.79 Å². The molecule has 3 amide bonds. The van der Waals surface area contributed by atoms with Crippen LogP contribution in [-0.2, 0) is 19.2 Å². The van der Waals surface area contributed by atoms with E-state index in [1.165, 1.54) is 30.4 Å². The number of hydrogen-bond donors (Lipinski definition) is 5. The van der Waals surface area contributed by atoms with Crippen LogP contribution >= 0.6 is 23.5 Å². The van der Waals surface area contributed by atoms with E-state index in [4.69, 9.17) is 5.73 Å². The first kappa shape index (κ1) is 28.5. The molecule has 6 N–H and O–H groups in total. The molecule has 11 heteroatoms. The van der Waals surface area contributed by atoms with E-state index in [1.54, 1.807) is 0 Å². The molecule has 174 valence electrons. The Bertz CT molecular complexity index is 577. The molecule has 0 aromatic rings. The second-order valence-corrected chi connectivity index (χ2v) is 9.46. The van der Waals surface area contributed by atoms with Gasteiger partial charge in [0.05, 0.1) is 6.04 Å². The summed E-state index contributed by atoms with van der Waals surface area (Å²) in [5.74, 6) is -1.19. The molecule has 0 fully saturated rings. The molecule has 0 aliphatic rings. The lowest BCUT2D eigenvalue weighted by Crippen LogP contribution is -2.56. The van der Waals surface area contributed by atoms with Crippen molar-refractivity contribution in [3.8, 4) is 0 Å². The SMILES string of the molecule is CSCCC(NC(=O)C(C)NC(=O)C(CCSC)NC(=O)C(N)CC(C)C)C(=O)O. The van der Waals surface area contributed by atoms with Crippen molar-refractivity contribution >= 4 is 47.2 Å². The molecule has 0 radical (unpaired) electrons. The number of hydrogen-bond acceptors (Lipinski definition) is 7. The lowest BCUT2D eigenvalue weighted by Gasteiger charge is -2.23. The van der Waals surface area contributed by atoms with E-state index in [0.717, 1.165) is 0 Å². The van der Waals surface area contributed by atoms with Crippen LogP contribution in [0.15, 0.2) is 0 Å². The Morgan fingerprint density at radius 3 is 1.80 bits per heavy atom. The molecule has 0 aliphatic heterocycles. The van der Waals surface area contributed by atoms with E-state index < -0.39 is 47.9 Å². The van der Waals surface area contributed by atoms with Crippen molar-refractivity contribution in [2.75, 3.05) is 24.0 Å². The molecule has 0 heterocycles. The van der Waals surface area contributed by atoms with E-state index in [1.807, 2.05) is 26.4 Å². The van der Waals surface area contributed by atoms with Gasteiger partial charge in [0, 0.05) is 0 Å². The van der Waals surface area contributed by atoms with Crippen molar-refractivity contribution in [3.63, 3.8) is 0 Å². The number of thioether (sulfide) groups is 2. The number of aliphatic carboxylic acids is 1. The largest absolute Gasteiger partial charge is 0.480 e. The van der Waals surface area contributed by atoms with Gasteiger partial charge in [-0.3, -0.25) is 14.4 Å². The molecule has 4 unspecified atom stereocenters. The number of carboxylic acids is 1. The summed E-state index contributed by atoms with van der Waals surface area (Å²) in [4.78, 5) is 48.6. The molecule has 9 nitrogen and oxygen atoms in total. The van der Waals surface area contributed by atoms with Crippen molar-refractivity contribution in [2.45, 2.75) is 64.2 Å². The number of rotatable bonds is 15. The third-order valence-electron chi connectivity index (χ3n) is 4.28. The minimum Gasteiger partial charge on any atom is -0.480 e. The van der Waals surface area contributed by atoms with Crippen LogP contribution in [0.25, 0.3) is 0 Å². The van der Waals surface area contributed by atoms with Gasteiger partial charge in [-0.2, -0.15) is 23.5 Å². The molecule has 4 atom stereocenters. The zero-order valence-electron chi connectivity index (χ0n) is 18.4. The minimum absolute atomic E-state index is 0.237. The number of carbonyl (C=O) groups excluding carboxylic acids is 3. The van der Waals surface area contributed by atoms with Gasteiger partial charge in [-0.05, 0) is 56.1 Å². The average Bonchev–Trinajstić information content (AvgIpc) is 2.66. The van der Waals surface area contributed by atoms with Gasteiger partial charge in [0.25, 0.3) is 0 Å². The Kier molecular flexibility index (Phi) is 14.6. The highest BCUT2D eigenvalue weighted by Gasteiger charge is 2.28. The number of amides is 3. The van der Waals surface area contributed by atoms with Crippen LogP contribution in [0.5, 0.6) is 0 Å². The summed E-state index contributed by atoms with van der Waals surface area (Å²) in [5.41, 5.74) is 5.90. The zero-order valence-corrected chi connectivity index (χ0v) is 20.0. The second-order valence-electron chi connectivity index (χ2n) is 7.49. The van der Waals surface area contributed by atoms with Gasteiger partial charge in [0.1, 0.15) is 18.1 Å². The van der Waals surface area contributed by atoms with Crippen LogP contribution in [-0.4, -0.2) is 77.0 Å². The fourth-order valence-corrected chi connectivity index (χ4v) is 3.51. The quantitative estimate of drug-likeness (QED) is 0.234. The molecule has 0 aromatic carbocycles.